The Morgan fingerprint density at radius 1 is 1.41 bits per heavy atom. The molecule has 2 unspecified atom stereocenters. The number of amides is 1. The molecule has 3 N–H and O–H groups in total. The summed E-state index contributed by atoms with van der Waals surface area (Å²) in [6.45, 7) is 4.98. The average molecular weight is 329 g/mol. The minimum atomic E-state index is -0.102. The van der Waals surface area contributed by atoms with E-state index in [2.05, 4.69) is 17.6 Å². The van der Waals surface area contributed by atoms with Gasteiger partial charge in [0.15, 0.2) is 0 Å². The van der Waals surface area contributed by atoms with Gasteiger partial charge in [-0.3, -0.25) is 4.79 Å². The second-order valence-electron chi connectivity index (χ2n) is 5.52. The fraction of sp³-hybridized carbons (Fsp3) is 0.562. The molecule has 0 aliphatic heterocycles. The molecule has 0 spiro atoms. The van der Waals surface area contributed by atoms with Gasteiger partial charge in [0.05, 0.1) is 12.8 Å². The Bertz CT molecular complexity index is 482. The monoisotopic (exact) mass is 328 g/mol. The summed E-state index contributed by atoms with van der Waals surface area (Å²) in [4.78, 5) is 12.1. The quantitative estimate of drug-likeness (QED) is 0.652. The molecule has 0 radical (unpaired) electrons. The van der Waals surface area contributed by atoms with Crippen molar-refractivity contribution in [3.63, 3.8) is 0 Å². The molecule has 0 saturated heterocycles. The van der Waals surface area contributed by atoms with Crippen molar-refractivity contribution in [1.82, 2.24) is 5.32 Å². The Labute approximate surface area is 137 Å². The molecule has 0 heterocycles. The van der Waals surface area contributed by atoms with Crippen molar-refractivity contribution in [2.75, 3.05) is 25.6 Å². The van der Waals surface area contributed by atoms with Crippen molar-refractivity contribution in [1.29, 1.82) is 0 Å². The van der Waals surface area contributed by atoms with Crippen LogP contribution in [0.4, 0.5) is 5.69 Å². The highest BCUT2D eigenvalue weighted by Gasteiger charge is 2.12. The van der Waals surface area contributed by atoms with E-state index >= 15 is 0 Å². The van der Waals surface area contributed by atoms with Crippen LogP contribution in [0.5, 0.6) is 5.75 Å². The van der Waals surface area contributed by atoms with Gasteiger partial charge in [0.2, 0.25) is 5.91 Å². The van der Waals surface area contributed by atoms with Crippen molar-refractivity contribution in [3.05, 3.63) is 23.2 Å². The number of benzene rings is 1. The smallest absolute Gasteiger partial charge is 0.226 e. The van der Waals surface area contributed by atoms with Gasteiger partial charge in [0.25, 0.3) is 0 Å². The standard InChI is InChI=1S/C16H25ClN2O3/c1-11(6-7-20)10-18-12(2)8-16(21)19-14-9-13(17)4-5-15(14)22-3/h4-5,9,11-12,18,20H,6-8,10H2,1-3H3,(H,19,21). The number of hydrogen-bond acceptors (Lipinski definition) is 4. The molecule has 0 bridgehead atoms. The third kappa shape index (κ3) is 6.64. The summed E-state index contributed by atoms with van der Waals surface area (Å²) >= 11 is 5.94. The number of ether oxygens (including phenoxy) is 1. The van der Waals surface area contributed by atoms with Crippen LogP contribution in [0.15, 0.2) is 18.2 Å². The van der Waals surface area contributed by atoms with Crippen LogP contribution in [-0.2, 0) is 4.79 Å². The number of halogens is 1. The Morgan fingerprint density at radius 3 is 2.77 bits per heavy atom. The van der Waals surface area contributed by atoms with Crippen molar-refractivity contribution >= 4 is 23.2 Å². The van der Waals surface area contributed by atoms with Gasteiger partial charge in [0.1, 0.15) is 5.75 Å². The molecule has 1 rings (SSSR count). The molecule has 0 saturated carbocycles. The molecule has 5 nitrogen and oxygen atoms in total. The maximum absolute atomic E-state index is 12.1. The Hall–Kier alpha value is -1.30. The lowest BCUT2D eigenvalue weighted by Gasteiger charge is -2.17. The maximum atomic E-state index is 12.1. The summed E-state index contributed by atoms with van der Waals surface area (Å²) in [6.07, 6.45) is 1.10. The molecule has 22 heavy (non-hydrogen) atoms. The van der Waals surface area contributed by atoms with Crippen LogP contribution in [0.3, 0.4) is 0 Å². The van der Waals surface area contributed by atoms with Gasteiger partial charge >= 0.3 is 0 Å². The summed E-state index contributed by atoms with van der Waals surface area (Å²) in [7, 11) is 1.55. The number of anilines is 1. The first-order valence-corrected chi connectivity index (χ1v) is 7.81. The third-order valence-corrected chi connectivity index (χ3v) is 3.60. The van der Waals surface area contributed by atoms with Crippen molar-refractivity contribution in [2.24, 2.45) is 5.92 Å². The van der Waals surface area contributed by atoms with Crippen molar-refractivity contribution in [2.45, 2.75) is 32.7 Å². The summed E-state index contributed by atoms with van der Waals surface area (Å²) in [5.41, 5.74) is 0.570. The zero-order valence-corrected chi connectivity index (χ0v) is 14.1. The molecule has 0 fully saturated rings. The number of aliphatic hydroxyl groups excluding tert-OH is 1. The van der Waals surface area contributed by atoms with Crippen LogP contribution in [0, 0.1) is 5.92 Å². The molecule has 0 aliphatic rings. The predicted octanol–water partition coefficient (Wildman–Crippen LogP) is 2.67. The summed E-state index contributed by atoms with van der Waals surface area (Å²) in [6, 6.07) is 5.14. The highest BCUT2D eigenvalue weighted by atomic mass is 35.5. The predicted molar refractivity (Wildman–Crippen MR) is 89.6 cm³/mol. The van der Waals surface area contributed by atoms with Gasteiger partial charge in [-0.2, -0.15) is 0 Å². The Balaban J connectivity index is 2.47. The van der Waals surface area contributed by atoms with Crippen LogP contribution >= 0.6 is 11.6 Å². The molecule has 0 aliphatic carbocycles. The molecule has 1 amide bonds. The first-order chi connectivity index (χ1) is 10.5. The summed E-state index contributed by atoms with van der Waals surface area (Å²) < 4.78 is 5.20. The van der Waals surface area contributed by atoms with E-state index in [-0.39, 0.29) is 18.6 Å². The summed E-state index contributed by atoms with van der Waals surface area (Å²) in [5.74, 6) is 0.855. The number of aliphatic hydroxyl groups is 1. The van der Waals surface area contributed by atoms with E-state index in [4.69, 9.17) is 21.4 Å². The second kappa shape index (κ2) is 9.66. The molecule has 6 heteroatoms. The largest absolute Gasteiger partial charge is 0.495 e. The van der Waals surface area contributed by atoms with Crippen LogP contribution in [0.1, 0.15) is 26.7 Å². The van der Waals surface area contributed by atoms with E-state index in [1.165, 1.54) is 0 Å². The van der Waals surface area contributed by atoms with Crippen LogP contribution in [0.2, 0.25) is 5.02 Å². The fourth-order valence-electron chi connectivity index (χ4n) is 2.05. The van der Waals surface area contributed by atoms with Crippen LogP contribution in [-0.4, -0.2) is 37.3 Å². The number of carbonyl (C=O) groups excluding carboxylic acids is 1. The molecular formula is C16H25ClN2O3. The molecular weight excluding hydrogens is 304 g/mol. The highest BCUT2D eigenvalue weighted by Crippen LogP contribution is 2.27. The normalized spacial score (nSPS) is 13.5. The molecule has 0 aromatic heterocycles. The second-order valence-corrected chi connectivity index (χ2v) is 5.96. The number of rotatable bonds is 9. The van der Waals surface area contributed by atoms with Gasteiger partial charge in [-0.15, -0.1) is 0 Å². The molecule has 124 valence electrons. The molecule has 1 aromatic rings. The Morgan fingerprint density at radius 2 is 2.14 bits per heavy atom. The highest BCUT2D eigenvalue weighted by molar-refractivity contribution is 6.31. The van der Waals surface area contributed by atoms with E-state index in [1.807, 2.05) is 6.92 Å². The van der Waals surface area contributed by atoms with Crippen molar-refractivity contribution in [3.8, 4) is 5.75 Å². The van der Waals surface area contributed by atoms with Gasteiger partial charge in [0, 0.05) is 24.1 Å². The SMILES string of the molecule is COc1ccc(Cl)cc1NC(=O)CC(C)NCC(C)CCO. The zero-order chi connectivity index (χ0) is 16.5. The molecule has 2 atom stereocenters. The van der Waals surface area contributed by atoms with Crippen molar-refractivity contribution < 1.29 is 14.6 Å². The van der Waals surface area contributed by atoms with Crippen LogP contribution in [0.25, 0.3) is 0 Å². The average Bonchev–Trinajstić information content (AvgIpc) is 2.45. The number of hydrogen-bond donors (Lipinski definition) is 3. The summed E-state index contributed by atoms with van der Waals surface area (Å²) in [5, 5.41) is 15.5. The van der Waals surface area contributed by atoms with Crippen LogP contribution < -0.4 is 15.4 Å². The van der Waals surface area contributed by atoms with E-state index in [0.29, 0.717) is 28.8 Å². The van der Waals surface area contributed by atoms with Gasteiger partial charge < -0.3 is 20.5 Å². The lowest BCUT2D eigenvalue weighted by molar-refractivity contribution is -0.116. The van der Waals surface area contributed by atoms with E-state index in [9.17, 15) is 4.79 Å². The first kappa shape index (κ1) is 18.7. The minimum absolute atomic E-state index is 0.0475. The van der Waals surface area contributed by atoms with E-state index in [0.717, 1.165) is 13.0 Å². The van der Waals surface area contributed by atoms with Gasteiger partial charge in [-0.1, -0.05) is 18.5 Å². The number of carbonyl (C=O) groups is 1. The zero-order valence-electron chi connectivity index (χ0n) is 13.4. The molecule has 1 aromatic carbocycles. The topological polar surface area (TPSA) is 70.6 Å². The lowest BCUT2D eigenvalue weighted by atomic mass is 10.1. The van der Waals surface area contributed by atoms with Gasteiger partial charge in [-0.05, 0) is 44.0 Å². The minimum Gasteiger partial charge on any atom is -0.495 e. The van der Waals surface area contributed by atoms with Gasteiger partial charge in [-0.25, -0.2) is 0 Å². The lowest BCUT2D eigenvalue weighted by Crippen LogP contribution is -2.33. The van der Waals surface area contributed by atoms with E-state index < -0.39 is 0 Å². The third-order valence-electron chi connectivity index (χ3n) is 3.36. The number of methoxy groups -OCH3 is 1. The first-order valence-electron chi connectivity index (χ1n) is 7.43. The fourth-order valence-corrected chi connectivity index (χ4v) is 2.23. The van der Waals surface area contributed by atoms with E-state index in [1.54, 1.807) is 25.3 Å². The number of nitrogens with one attached hydrogen (secondary N) is 2. The maximum Gasteiger partial charge on any atom is 0.226 e. The Kier molecular flexibility index (Phi) is 8.24.